The van der Waals surface area contributed by atoms with Crippen molar-refractivity contribution in [3.05, 3.63) is 35.9 Å². The van der Waals surface area contributed by atoms with E-state index in [1.807, 2.05) is 0 Å². The van der Waals surface area contributed by atoms with Gasteiger partial charge in [-0.2, -0.15) is 0 Å². The summed E-state index contributed by atoms with van der Waals surface area (Å²) >= 11 is 0. The molecule has 1 aromatic carbocycles. The van der Waals surface area contributed by atoms with Crippen LogP contribution in [0.2, 0.25) is 0 Å². The Labute approximate surface area is 93.5 Å². The van der Waals surface area contributed by atoms with E-state index < -0.39 is 11.9 Å². The standard InChI is InChI=1S/C11H13NO4/c1-3-15-12(16-9(2)13)11(14)10-7-5-4-6-8-10/h4-8H,3H2,1-2H3. The van der Waals surface area contributed by atoms with E-state index >= 15 is 0 Å². The average Bonchev–Trinajstić information content (AvgIpc) is 2.28. The number of hydroxylamine groups is 2. The van der Waals surface area contributed by atoms with Crippen molar-refractivity contribution in [2.24, 2.45) is 0 Å². The Kier molecular flexibility index (Phi) is 4.47. The molecule has 0 saturated carbocycles. The number of nitrogens with zero attached hydrogens (tertiary/aromatic N) is 1. The summed E-state index contributed by atoms with van der Waals surface area (Å²) in [4.78, 5) is 32.1. The molecule has 0 saturated heterocycles. The van der Waals surface area contributed by atoms with Crippen LogP contribution in [0.15, 0.2) is 30.3 Å². The van der Waals surface area contributed by atoms with Gasteiger partial charge in [-0.3, -0.25) is 4.79 Å². The quantitative estimate of drug-likeness (QED) is 0.730. The zero-order valence-corrected chi connectivity index (χ0v) is 9.17. The molecular weight excluding hydrogens is 210 g/mol. The third kappa shape index (κ3) is 3.36. The molecule has 86 valence electrons. The lowest BCUT2D eigenvalue weighted by Crippen LogP contribution is -2.33. The van der Waals surface area contributed by atoms with Gasteiger partial charge in [-0.15, -0.1) is 0 Å². The highest BCUT2D eigenvalue weighted by Gasteiger charge is 2.19. The number of hydrogen-bond acceptors (Lipinski definition) is 4. The normalized spacial score (nSPS) is 9.62. The molecule has 0 bridgehead atoms. The molecule has 5 heteroatoms. The van der Waals surface area contributed by atoms with E-state index in [9.17, 15) is 9.59 Å². The van der Waals surface area contributed by atoms with Gasteiger partial charge in [0.2, 0.25) is 0 Å². The average molecular weight is 223 g/mol. The van der Waals surface area contributed by atoms with Gasteiger partial charge in [0.1, 0.15) is 0 Å². The summed E-state index contributed by atoms with van der Waals surface area (Å²) < 4.78 is 0. The minimum absolute atomic E-state index is 0.228. The van der Waals surface area contributed by atoms with Crippen molar-refractivity contribution in [3.8, 4) is 0 Å². The van der Waals surface area contributed by atoms with E-state index in [2.05, 4.69) is 4.84 Å². The van der Waals surface area contributed by atoms with Gasteiger partial charge in [-0.05, 0) is 24.3 Å². The van der Waals surface area contributed by atoms with Gasteiger partial charge in [-0.25, -0.2) is 9.63 Å². The molecule has 0 N–H and O–H groups in total. The van der Waals surface area contributed by atoms with Crippen molar-refractivity contribution in [2.45, 2.75) is 13.8 Å². The first kappa shape index (κ1) is 12.2. The molecule has 1 rings (SSSR count). The summed E-state index contributed by atoms with van der Waals surface area (Å²) in [5, 5.41) is 0.595. The summed E-state index contributed by atoms with van der Waals surface area (Å²) in [6, 6.07) is 8.43. The highest BCUT2D eigenvalue weighted by molar-refractivity contribution is 5.93. The summed E-state index contributed by atoms with van der Waals surface area (Å²) in [6.07, 6.45) is 0. The summed E-state index contributed by atoms with van der Waals surface area (Å²) in [5.74, 6) is -1.13. The molecular formula is C11H13NO4. The number of carbonyl (C=O) groups is 2. The number of carbonyl (C=O) groups excluding carboxylic acids is 2. The minimum Gasteiger partial charge on any atom is -0.312 e. The lowest BCUT2D eigenvalue weighted by molar-refractivity contribution is -0.304. The second kappa shape index (κ2) is 5.87. The predicted octanol–water partition coefficient (Wildman–Crippen LogP) is 1.56. The van der Waals surface area contributed by atoms with Gasteiger partial charge in [0.05, 0.1) is 6.61 Å². The molecule has 0 fully saturated rings. The molecule has 0 unspecified atom stereocenters. The van der Waals surface area contributed by atoms with Crippen molar-refractivity contribution < 1.29 is 19.3 Å². The molecule has 0 radical (unpaired) electrons. The predicted molar refractivity (Wildman–Crippen MR) is 56.0 cm³/mol. The maximum atomic E-state index is 11.8. The van der Waals surface area contributed by atoms with Crippen LogP contribution in [0.5, 0.6) is 0 Å². The third-order valence-electron chi connectivity index (χ3n) is 1.64. The fourth-order valence-corrected chi connectivity index (χ4v) is 1.05. The lowest BCUT2D eigenvalue weighted by atomic mass is 10.2. The highest BCUT2D eigenvalue weighted by Crippen LogP contribution is 2.06. The lowest BCUT2D eigenvalue weighted by Gasteiger charge is -2.18. The molecule has 0 aromatic heterocycles. The van der Waals surface area contributed by atoms with Crippen LogP contribution in [0.3, 0.4) is 0 Å². The molecule has 5 nitrogen and oxygen atoms in total. The Morgan fingerprint density at radius 3 is 2.38 bits per heavy atom. The largest absolute Gasteiger partial charge is 0.332 e. The molecule has 1 aromatic rings. The van der Waals surface area contributed by atoms with Crippen LogP contribution in [0.1, 0.15) is 24.2 Å². The Morgan fingerprint density at radius 2 is 1.88 bits per heavy atom. The van der Waals surface area contributed by atoms with E-state index in [0.29, 0.717) is 10.8 Å². The Hall–Kier alpha value is -1.88. The molecule has 0 aliphatic carbocycles. The van der Waals surface area contributed by atoms with E-state index in [0.717, 1.165) is 0 Å². The van der Waals surface area contributed by atoms with Crippen molar-refractivity contribution >= 4 is 11.9 Å². The van der Waals surface area contributed by atoms with Crippen LogP contribution >= 0.6 is 0 Å². The monoisotopic (exact) mass is 223 g/mol. The van der Waals surface area contributed by atoms with Gasteiger partial charge < -0.3 is 4.84 Å². The minimum atomic E-state index is -0.613. The first-order valence-corrected chi connectivity index (χ1v) is 4.86. The zero-order chi connectivity index (χ0) is 12.0. The molecule has 0 aliphatic heterocycles. The van der Waals surface area contributed by atoms with Crippen LogP contribution in [-0.2, 0) is 14.5 Å². The van der Waals surface area contributed by atoms with E-state index in [-0.39, 0.29) is 6.61 Å². The number of hydrogen-bond donors (Lipinski definition) is 0. The van der Waals surface area contributed by atoms with Gasteiger partial charge in [0.15, 0.2) is 0 Å². The van der Waals surface area contributed by atoms with E-state index in [1.54, 1.807) is 37.3 Å². The number of benzene rings is 1. The Bertz CT molecular complexity index is 364. The number of amides is 1. The fraction of sp³-hybridized carbons (Fsp3) is 0.273. The van der Waals surface area contributed by atoms with Crippen LogP contribution in [0.4, 0.5) is 0 Å². The zero-order valence-electron chi connectivity index (χ0n) is 9.17. The summed E-state index contributed by atoms with van der Waals surface area (Å²) in [5.41, 5.74) is 0.386. The highest BCUT2D eigenvalue weighted by atomic mass is 17.0. The van der Waals surface area contributed by atoms with Crippen LogP contribution < -0.4 is 0 Å². The molecule has 1 amide bonds. The van der Waals surface area contributed by atoms with E-state index in [4.69, 9.17) is 4.84 Å². The van der Waals surface area contributed by atoms with Crippen molar-refractivity contribution in [3.63, 3.8) is 0 Å². The van der Waals surface area contributed by atoms with E-state index in [1.165, 1.54) is 6.92 Å². The van der Waals surface area contributed by atoms with Crippen LogP contribution in [0.25, 0.3) is 0 Å². The second-order valence-corrected chi connectivity index (χ2v) is 2.93. The molecule has 0 aliphatic rings. The smallest absolute Gasteiger partial charge is 0.312 e. The first-order chi connectivity index (χ1) is 7.65. The van der Waals surface area contributed by atoms with Crippen LogP contribution in [-0.4, -0.2) is 23.7 Å². The maximum absolute atomic E-state index is 11.8. The SMILES string of the molecule is CCON(OC(C)=O)C(=O)c1ccccc1. The first-order valence-electron chi connectivity index (χ1n) is 4.86. The van der Waals surface area contributed by atoms with Crippen LogP contribution in [0, 0.1) is 0 Å². The second-order valence-electron chi connectivity index (χ2n) is 2.93. The Morgan fingerprint density at radius 1 is 1.25 bits per heavy atom. The fourth-order valence-electron chi connectivity index (χ4n) is 1.05. The third-order valence-corrected chi connectivity index (χ3v) is 1.64. The van der Waals surface area contributed by atoms with Crippen molar-refractivity contribution in [1.29, 1.82) is 0 Å². The van der Waals surface area contributed by atoms with Gasteiger partial charge in [0.25, 0.3) is 0 Å². The molecule has 0 atom stereocenters. The molecule has 0 heterocycles. The van der Waals surface area contributed by atoms with Gasteiger partial charge in [-0.1, -0.05) is 18.2 Å². The van der Waals surface area contributed by atoms with Gasteiger partial charge >= 0.3 is 11.9 Å². The number of rotatable bonds is 3. The molecule has 16 heavy (non-hydrogen) atoms. The molecule has 0 spiro atoms. The van der Waals surface area contributed by atoms with Crippen molar-refractivity contribution in [1.82, 2.24) is 5.23 Å². The summed E-state index contributed by atoms with van der Waals surface area (Å²) in [7, 11) is 0. The maximum Gasteiger partial charge on any atom is 0.332 e. The Balaban J connectivity index is 2.78. The van der Waals surface area contributed by atoms with Crippen molar-refractivity contribution in [2.75, 3.05) is 6.61 Å². The summed E-state index contributed by atoms with van der Waals surface area (Å²) in [6.45, 7) is 3.12. The topological polar surface area (TPSA) is 55.8 Å². The van der Waals surface area contributed by atoms with Gasteiger partial charge in [0, 0.05) is 12.5 Å².